The van der Waals surface area contributed by atoms with Gasteiger partial charge in [0.15, 0.2) is 11.3 Å². The van der Waals surface area contributed by atoms with Gasteiger partial charge in [-0.25, -0.2) is 17.9 Å². The molecule has 0 radical (unpaired) electrons. The summed E-state index contributed by atoms with van der Waals surface area (Å²) in [6.07, 6.45) is 3.26. The Morgan fingerprint density at radius 2 is 1.87 bits per heavy atom. The van der Waals surface area contributed by atoms with E-state index in [1.807, 2.05) is 0 Å². The lowest BCUT2D eigenvalue weighted by Crippen LogP contribution is -2.13. The van der Waals surface area contributed by atoms with E-state index in [2.05, 4.69) is 15.4 Å². The number of ether oxygens (including phenoxy) is 1. The molecule has 1 amide bonds. The van der Waals surface area contributed by atoms with Crippen molar-refractivity contribution in [2.75, 3.05) is 12.4 Å². The second-order valence-corrected chi connectivity index (χ2v) is 8.65. The Balaban J connectivity index is 1.68. The molecule has 2 aromatic carbocycles. The van der Waals surface area contributed by atoms with Crippen LogP contribution in [0.25, 0.3) is 5.65 Å². The van der Waals surface area contributed by atoms with Gasteiger partial charge in [0.2, 0.25) is 9.84 Å². The first-order chi connectivity index (χ1) is 14.4. The van der Waals surface area contributed by atoms with Gasteiger partial charge in [0.1, 0.15) is 5.75 Å². The molecule has 10 heteroatoms. The second-order valence-electron chi connectivity index (χ2n) is 6.26. The highest BCUT2D eigenvalue weighted by Crippen LogP contribution is 2.29. The van der Waals surface area contributed by atoms with Crippen molar-refractivity contribution in [2.45, 2.75) is 9.79 Å². The number of methoxy groups -OCH3 is 1. The van der Waals surface area contributed by atoms with Crippen LogP contribution >= 0.6 is 11.6 Å². The maximum atomic E-state index is 13.0. The molecule has 0 saturated carbocycles. The number of nitrogens with zero attached hydrogens (tertiary/aromatic N) is 3. The van der Waals surface area contributed by atoms with E-state index in [1.165, 1.54) is 60.2 Å². The van der Waals surface area contributed by atoms with Gasteiger partial charge in [0, 0.05) is 35.2 Å². The fraction of sp³-hybridized carbons (Fsp3) is 0.0500. The van der Waals surface area contributed by atoms with Crippen molar-refractivity contribution < 1.29 is 17.9 Å². The largest absolute Gasteiger partial charge is 0.497 e. The predicted octanol–water partition coefficient (Wildman–Crippen LogP) is 3.48. The monoisotopic (exact) mass is 442 g/mol. The lowest BCUT2D eigenvalue weighted by molar-refractivity contribution is 0.102. The number of hydrogen-bond acceptors (Lipinski definition) is 6. The van der Waals surface area contributed by atoms with E-state index in [0.29, 0.717) is 10.7 Å². The van der Waals surface area contributed by atoms with E-state index in [4.69, 9.17) is 16.3 Å². The number of hydrogen-bond donors (Lipinski definition) is 1. The molecule has 0 aliphatic rings. The van der Waals surface area contributed by atoms with Crippen LogP contribution < -0.4 is 10.1 Å². The first kappa shape index (κ1) is 19.9. The van der Waals surface area contributed by atoms with Crippen LogP contribution in [0.3, 0.4) is 0 Å². The van der Waals surface area contributed by atoms with Crippen LogP contribution in [0.5, 0.6) is 5.75 Å². The van der Waals surface area contributed by atoms with Crippen LogP contribution in [0.4, 0.5) is 5.69 Å². The fourth-order valence-electron chi connectivity index (χ4n) is 2.80. The number of rotatable bonds is 5. The number of anilines is 1. The highest BCUT2D eigenvalue weighted by Gasteiger charge is 2.21. The molecule has 0 fully saturated rings. The third-order valence-corrected chi connectivity index (χ3v) is 6.28. The van der Waals surface area contributed by atoms with Gasteiger partial charge in [-0.1, -0.05) is 11.6 Å². The van der Waals surface area contributed by atoms with Gasteiger partial charge in [0.25, 0.3) is 5.91 Å². The SMILES string of the molecule is COc1cc(NC(=O)c2cc3ncccn3n2)cc(S(=O)(=O)c2ccc(Cl)cc2)c1. The molecule has 0 unspecified atom stereocenters. The van der Waals surface area contributed by atoms with Crippen molar-refractivity contribution in [1.82, 2.24) is 14.6 Å². The van der Waals surface area contributed by atoms with Gasteiger partial charge in [0.05, 0.1) is 16.9 Å². The number of nitrogens with one attached hydrogen (secondary N) is 1. The van der Waals surface area contributed by atoms with E-state index >= 15 is 0 Å². The fourth-order valence-corrected chi connectivity index (χ4v) is 4.25. The third-order valence-electron chi connectivity index (χ3n) is 4.28. The molecular formula is C20H15ClN4O4S. The van der Waals surface area contributed by atoms with Crippen molar-refractivity contribution >= 4 is 38.7 Å². The maximum Gasteiger partial charge on any atom is 0.276 e. The van der Waals surface area contributed by atoms with Crippen LogP contribution in [-0.2, 0) is 9.84 Å². The molecule has 2 heterocycles. The molecule has 2 aromatic heterocycles. The molecule has 0 aliphatic heterocycles. The van der Waals surface area contributed by atoms with Gasteiger partial charge in [-0.05, 0) is 42.5 Å². The van der Waals surface area contributed by atoms with Crippen LogP contribution in [0, 0.1) is 0 Å². The Hall–Kier alpha value is -3.43. The average molecular weight is 443 g/mol. The van der Waals surface area contributed by atoms with Gasteiger partial charge in [-0.3, -0.25) is 4.79 Å². The number of sulfone groups is 1. The summed E-state index contributed by atoms with van der Waals surface area (Å²) in [5.41, 5.74) is 0.898. The number of fused-ring (bicyclic) bond motifs is 1. The molecule has 0 atom stereocenters. The zero-order chi connectivity index (χ0) is 21.3. The Kier molecular flexibility index (Phi) is 5.15. The molecule has 0 aliphatic carbocycles. The molecular weight excluding hydrogens is 428 g/mol. The van der Waals surface area contributed by atoms with Crippen molar-refractivity contribution in [3.8, 4) is 5.75 Å². The Morgan fingerprint density at radius 3 is 2.57 bits per heavy atom. The number of benzene rings is 2. The molecule has 0 spiro atoms. The third kappa shape index (κ3) is 3.85. The number of amides is 1. The minimum absolute atomic E-state index is 0.0314. The molecule has 4 rings (SSSR count). The summed E-state index contributed by atoms with van der Waals surface area (Å²) in [5, 5.41) is 7.24. The Labute approximate surface area is 177 Å². The lowest BCUT2D eigenvalue weighted by atomic mass is 10.3. The Morgan fingerprint density at radius 1 is 1.10 bits per heavy atom. The predicted molar refractivity (Wildman–Crippen MR) is 111 cm³/mol. The summed E-state index contributed by atoms with van der Waals surface area (Å²) in [6, 6.07) is 13.3. The summed E-state index contributed by atoms with van der Waals surface area (Å²) in [4.78, 5) is 16.8. The smallest absolute Gasteiger partial charge is 0.276 e. The molecule has 30 heavy (non-hydrogen) atoms. The summed E-state index contributed by atoms with van der Waals surface area (Å²) < 4.78 is 32.7. The van der Waals surface area contributed by atoms with Gasteiger partial charge < -0.3 is 10.1 Å². The van der Waals surface area contributed by atoms with E-state index in [-0.39, 0.29) is 26.9 Å². The first-order valence-corrected chi connectivity index (χ1v) is 10.5. The highest BCUT2D eigenvalue weighted by atomic mass is 35.5. The normalized spacial score (nSPS) is 11.4. The molecule has 4 aromatic rings. The van der Waals surface area contributed by atoms with Crippen molar-refractivity contribution in [2.24, 2.45) is 0 Å². The number of aromatic nitrogens is 3. The highest BCUT2D eigenvalue weighted by molar-refractivity contribution is 7.91. The zero-order valence-corrected chi connectivity index (χ0v) is 17.2. The molecule has 0 saturated heterocycles. The first-order valence-electron chi connectivity index (χ1n) is 8.68. The summed E-state index contributed by atoms with van der Waals surface area (Å²) in [6.45, 7) is 0. The van der Waals surface area contributed by atoms with E-state index in [1.54, 1.807) is 18.5 Å². The maximum absolute atomic E-state index is 13.0. The zero-order valence-electron chi connectivity index (χ0n) is 15.6. The van der Waals surface area contributed by atoms with E-state index in [9.17, 15) is 13.2 Å². The molecule has 1 N–H and O–H groups in total. The topological polar surface area (TPSA) is 103 Å². The molecule has 0 bridgehead atoms. The van der Waals surface area contributed by atoms with Crippen LogP contribution in [-0.4, -0.2) is 36.0 Å². The minimum Gasteiger partial charge on any atom is -0.497 e. The van der Waals surface area contributed by atoms with Crippen LogP contribution in [0.2, 0.25) is 5.02 Å². The summed E-state index contributed by atoms with van der Waals surface area (Å²) in [7, 11) is -2.44. The lowest BCUT2D eigenvalue weighted by Gasteiger charge is -2.11. The quantitative estimate of drug-likeness (QED) is 0.507. The number of carbonyl (C=O) groups excluding carboxylic acids is 1. The molecule has 152 valence electrons. The van der Waals surface area contributed by atoms with Gasteiger partial charge in [-0.2, -0.15) is 5.10 Å². The van der Waals surface area contributed by atoms with Crippen molar-refractivity contribution in [3.63, 3.8) is 0 Å². The Bertz CT molecular complexity index is 1320. The van der Waals surface area contributed by atoms with Gasteiger partial charge in [-0.15, -0.1) is 0 Å². The summed E-state index contributed by atoms with van der Waals surface area (Å²) in [5.74, 6) is -0.236. The summed E-state index contributed by atoms with van der Waals surface area (Å²) >= 11 is 5.85. The van der Waals surface area contributed by atoms with Crippen LogP contribution in [0.1, 0.15) is 10.5 Å². The van der Waals surface area contributed by atoms with Crippen LogP contribution in [0.15, 0.2) is 76.8 Å². The minimum atomic E-state index is -3.85. The van der Waals surface area contributed by atoms with Gasteiger partial charge >= 0.3 is 0 Å². The second kappa shape index (κ2) is 7.77. The standard InChI is InChI=1S/C20H15ClN4O4S/c1-29-15-9-14(23-20(26)18-12-19-22-7-2-8-25(19)24-18)10-17(11-15)30(27,28)16-5-3-13(21)4-6-16/h2-12H,1H3,(H,23,26). The van der Waals surface area contributed by atoms with E-state index < -0.39 is 15.7 Å². The number of carbonyl (C=O) groups is 1. The number of halogens is 1. The van der Waals surface area contributed by atoms with Crippen molar-refractivity contribution in [3.05, 3.63) is 77.7 Å². The van der Waals surface area contributed by atoms with Crippen molar-refractivity contribution in [1.29, 1.82) is 0 Å². The molecule has 8 nitrogen and oxygen atoms in total. The van der Waals surface area contributed by atoms with E-state index in [0.717, 1.165) is 0 Å². The average Bonchev–Trinajstić information content (AvgIpc) is 3.18.